The maximum atomic E-state index is 11.8. The fraction of sp³-hybridized carbons (Fsp3) is 0.0833. The molecule has 2 rings (SSSR count). The van der Waals surface area contributed by atoms with Gasteiger partial charge in [-0.15, -0.1) is 0 Å². The number of nitrogens with zero attached hydrogens (tertiary/aromatic N) is 2. The first kappa shape index (κ1) is 12.7. The predicted octanol–water partition coefficient (Wildman–Crippen LogP) is 1.59. The Kier molecular flexibility index (Phi) is 3.75. The van der Waals surface area contributed by atoms with Crippen LogP contribution in [0.25, 0.3) is 0 Å². The molecule has 0 aliphatic rings. The van der Waals surface area contributed by atoms with Crippen LogP contribution in [0.4, 0.5) is 0 Å². The second-order valence-corrected chi connectivity index (χ2v) is 4.84. The summed E-state index contributed by atoms with van der Waals surface area (Å²) >= 11 is 1.93. The van der Waals surface area contributed by atoms with E-state index in [-0.39, 0.29) is 11.1 Å². The summed E-state index contributed by atoms with van der Waals surface area (Å²) in [4.78, 5) is 26.4. The van der Waals surface area contributed by atoms with E-state index in [1.165, 1.54) is 29.2 Å². The second-order valence-electron chi connectivity index (χ2n) is 3.68. The highest BCUT2D eigenvalue weighted by Crippen LogP contribution is 2.06. The SMILES string of the molecule is O=C(O)c1ccc(Cn2cncc(I)c2=O)cc1. The van der Waals surface area contributed by atoms with Gasteiger partial charge in [0.15, 0.2) is 0 Å². The Morgan fingerprint density at radius 2 is 2.00 bits per heavy atom. The van der Waals surface area contributed by atoms with E-state index in [0.29, 0.717) is 10.1 Å². The van der Waals surface area contributed by atoms with Crippen molar-refractivity contribution in [1.82, 2.24) is 9.55 Å². The Bertz CT molecular complexity index is 635. The Hall–Kier alpha value is -1.70. The van der Waals surface area contributed by atoms with Crippen molar-refractivity contribution in [2.75, 3.05) is 0 Å². The van der Waals surface area contributed by atoms with E-state index in [9.17, 15) is 9.59 Å². The molecule has 18 heavy (non-hydrogen) atoms. The average molecular weight is 356 g/mol. The van der Waals surface area contributed by atoms with Gasteiger partial charge in [0.1, 0.15) is 0 Å². The van der Waals surface area contributed by atoms with E-state index >= 15 is 0 Å². The number of halogens is 1. The summed E-state index contributed by atoms with van der Waals surface area (Å²) in [7, 11) is 0. The normalized spacial score (nSPS) is 10.3. The molecule has 6 heteroatoms. The van der Waals surface area contributed by atoms with Crippen LogP contribution >= 0.6 is 22.6 Å². The molecule has 92 valence electrons. The van der Waals surface area contributed by atoms with Gasteiger partial charge in [-0.25, -0.2) is 9.78 Å². The van der Waals surface area contributed by atoms with Crippen molar-refractivity contribution < 1.29 is 9.90 Å². The molecular formula is C12H9IN2O3. The molecular weight excluding hydrogens is 347 g/mol. The molecule has 0 spiro atoms. The number of carbonyl (C=O) groups is 1. The molecule has 0 aliphatic heterocycles. The molecule has 0 radical (unpaired) electrons. The molecule has 1 aromatic heterocycles. The number of carboxylic acid groups (broad SMARTS) is 1. The fourth-order valence-electron chi connectivity index (χ4n) is 1.49. The van der Waals surface area contributed by atoms with Crippen LogP contribution < -0.4 is 5.56 Å². The quantitative estimate of drug-likeness (QED) is 0.848. The third kappa shape index (κ3) is 2.76. The van der Waals surface area contributed by atoms with E-state index in [1.807, 2.05) is 22.6 Å². The smallest absolute Gasteiger partial charge is 0.335 e. The van der Waals surface area contributed by atoms with Gasteiger partial charge >= 0.3 is 5.97 Å². The summed E-state index contributed by atoms with van der Waals surface area (Å²) in [5.74, 6) is -0.963. The van der Waals surface area contributed by atoms with Crippen molar-refractivity contribution in [3.05, 3.63) is 61.8 Å². The number of hydrogen-bond acceptors (Lipinski definition) is 3. The van der Waals surface area contributed by atoms with Crippen molar-refractivity contribution in [3.63, 3.8) is 0 Å². The molecule has 0 saturated carbocycles. The van der Waals surface area contributed by atoms with Gasteiger partial charge in [0.05, 0.1) is 22.0 Å². The third-order valence-corrected chi connectivity index (χ3v) is 3.15. The van der Waals surface area contributed by atoms with E-state index in [1.54, 1.807) is 12.1 Å². The first-order chi connectivity index (χ1) is 8.58. The number of carboxylic acids is 1. The van der Waals surface area contributed by atoms with Gasteiger partial charge in [-0.3, -0.25) is 9.36 Å². The predicted molar refractivity (Wildman–Crippen MR) is 73.7 cm³/mol. The summed E-state index contributed by atoms with van der Waals surface area (Å²) in [5, 5.41) is 8.78. The molecule has 0 aliphatic carbocycles. The van der Waals surface area contributed by atoms with Gasteiger partial charge in [-0.1, -0.05) is 12.1 Å². The molecule has 2 aromatic rings. The lowest BCUT2D eigenvalue weighted by atomic mass is 10.1. The lowest BCUT2D eigenvalue weighted by Crippen LogP contribution is -2.22. The number of aromatic nitrogens is 2. The van der Waals surface area contributed by atoms with Crippen LogP contribution in [-0.2, 0) is 6.54 Å². The zero-order valence-corrected chi connectivity index (χ0v) is 11.4. The number of aromatic carboxylic acids is 1. The molecule has 0 amide bonds. The molecule has 1 heterocycles. The average Bonchev–Trinajstić information content (AvgIpc) is 2.36. The van der Waals surface area contributed by atoms with Crippen LogP contribution in [0.5, 0.6) is 0 Å². The van der Waals surface area contributed by atoms with Gasteiger partial charge in [-0.2, -0.15) is 0 Å². The lowest BCUT2D eigenvalue weighted by molar-refractivity contribution is 0.0697. The zero-order valence-electron chi connectivity index (χ0n) is 9.21. The van der Waals surface area contributed by atoms with E-state index in [4.69, 9.17) is 5.11 Å². The largest absolute Gasteiger partial charge is 0.478 e. The van der Waals surface area contributed by atoms with Gasteiger partial charge in [0.2, 0.25) is 0 Å². The number of hydrogen-bond donors (Lipinski definition) is 1. The Balaban J connectivity index is 2.26. The van der Waals surface area contributed by atoms with Crippen molar-refractivity contribution in [3.8, 4) is 0 Å². The maximum Gasteiger partial charge on any atom is 0.335 e. The molecule has 0 bridgehead atoms. The highest BCUT2D eigenvalue weighted by molar-refractivity contribution is 14.1. The van der Waals surface area contributed by atoms with Crippen molar-refractivity contribution in [1.29, 1.82) is 0 Å². The molecule has 1 N–H and O–H groups in total. The van der Waals surface area contributed by atoms with Gasteiger partial charge < -0.3 is 5.11 Å². The monoisotopic (exact) mass is 356 g/mol. The Morgan fingerprint density at radius 1 is 1.33 bits per heavy atom. The standard InChI is InChI=1S/C12H9IN2O3/c13-10-5-14-7-15(11(10)16)6-8-1-3-9(4-2-8)12(17)18/h1-5,7H,6H2,(H,17,18). The summed E-state index contributed by atoms with van der Waals surface area (Å²) < 4.78 is 2.04. The first-order valence-electron chi connectivity index (χ1n) is 5.10. The number of benzene rings is 1. The zero-order chi connectivity index (χ0) is 13.1. The summed E-state index contributed by atoms with van der Waals surface area (Å²) in [6, 6.07) is 6.42. The van der Waals surface area contributed by atoms with E-state index < -0.39 is 5.97 Å². The lowest BCUT2D eigenvalue weighted by Gasteiger charge is -2.05. The van der Waals surface area contributed by atoms with Gasteiger partial charge in [-0.05, 0) is 40.3 Å². The summed E-state index contributed by atoms with van der Waals surface area (Å²) in [5.41, 5.74) is 0.977. The van der Waals surface area contributed by atoms with Crippen LogP contribution in [0.2, 0.25) is 0 Å². The molecule has 0 saturated heterocycles. The minimum absolute atomic E-state index is 0.104. The molecule has 0 atom stereocenters. The van der Waals surface area contributed by atoms with Crippen LogP contribution in [-0.4, -0.2) is 20.6 Å². The van der Waals surface area contributed by atoms with E-state index in [2.05, 4.69) is 4.98 Å². The highest BCUT2D eigenvalue weighted by atomic mass is 127. The first-order valence-corrected chi connectivity index (χ1v) is 6.18. The van der Waals surface area contributed by atoms with Gasteiger partial charge in [0, 0.05) is 6.20 Å². The maximum absolute atomic E-state index is 11.8. The van der Waals surface area contributed by atoms with Crippen LogP contribution in [0.1, 0.15) is 15.9 Å². The fourth-order valence-corrected chi connectivity index (χ4v) is 1.96. The topological polar surface area (TPSA) is 72.2 Å². The molecule has 0 fully saturated rings. The number of rotatable bonds is 3. The second kappa shape index (κ2) is 5.30. The summed E-state index contributed by atoms with van der Waals surface area (Å²) in [6.45, 7) is 0.378. The van der Waals surface area contributed by atoms with Gasteiger partial charge in [0.25, 0.3) is 5.56 Å². The molecule has 5 nitrogen and oxygen atoms in total. The molecule has 0 unspecified atom stereocenters. The highest BCUT2D eigenvalue weighted by Gasteiger charge is 2.04. The Labute approximate surface area is 116 Å². The Morgan fingerprint density at radius 3 is 2.61 bits per heavy atom. The molecule has 1 aromatic carbocycles. The summed E-state index contributed by atoms with van der Waals surface area (Å²) in [6.07, 6.45) is 2.97. The van der Waals surface area contributed by atoms with Crippen molar-refractivity contribution in [2.24, 2.45) is 0 Å². The van der Waals surface area contributed by atoms with Crippen LogP contribution in [0.15, 0.2) is 41.6 Å². The minimum atomic E-state index is -0.963. The van der Waals surface area contributed by atoms with E-state index in [0.717, 1.165) is 5.56 Å². The van der Waals surface area contributed by atoms with Crippen LogP contribution in [0.3, 0.4) is 0 Å². The van der Waals surface area contributed by atoms with Crippen LogP contribution in [0, 0.1) is 3.57 Å². The third-order valence-electron chi connectivity index (χ3n) is 2.41. The van der Waals surface area contributed by atoms with Crippen molar-refractivity contribution in [2.45, 2.75) is 6.54 Å². The minimum Gasteiger partial charge on any atom is -0.478 e. The van der Waals surface area contributed by atoms with Crippen molar-refractivity contribution >= 4 is 28.6 Å².